The Bertz CT molecular complexity index is 1170. The molecule has 1 atom stereocenters. The summed E-state index contributed by atoms with van der Waals surface area (Å²) in [6.07, 6.45) is 1.65. The van der Waals surface area contributed by atoms with Gasteiger partial charge in [0.05, 0.1) is 27.0 Å². The summed E-state index contributed by atoms with van der Waals surface area (Å²) < 4.78 is 21.4. The fourth-order valence-corrected chi connectivity index (χ4v) is 3.29. The van der Waals surface area contributed by atoms with Crippen LogP contribution in [0.25, 0.3) is 6.08 Å². The minimum Gasteiger partial charge on any atom is -0.497 e. The highest BCUT2D eigenvalue weighted by Crippen LogP contribution is 2.28. The van der Waals surface area contributed by atoms with Crippen molar-refractivity contribution < 1.29 is 28.5 Å². The van der Waals surface area contributed by atoms with Crippen molar-refractivity contribution in [2.45, 2.75) is 13.0 Å². The fraction of sp³-hybridized carbons (Fsp3) is 0.185. The molecule has 176 valence electrons. The van der Waals surface area contributed by atoms with Crippen molar-refractivity contribution in [3.8, 4) is 17.2 Å². The van der Waals surface area contributed by atoms with Crippen LogP contribution < -0.4 is 19.5 Å². The number of ether oxygens (including phenoxy) is 4. The van der Waals surface area contributed by atoms with Gasteiger partial charge in [-0.2, -0.15) is 0 Å². The van der Waals surface area contributed by atoms with Gasteiger partial charge in [0.2, 0.25) is 6.10 Å². The summed E-state index contributed by atoms with van der Waals surface area (Å²) in [5.74, 6) is 0.483. The van der Waals surface area contributed by atoms with E-state index in [0.29, 0.717) is 34.1 Å². The van der Waals surface area contributed by atoms with E-state index in [-0.39, 0.29) is 0 Å². The number of esters is 1. The first-order valence-electron chi connectivity index (χ1n) is 10.6. The quantitative estimate of drug-likeness (QED) is 0.358. The molecule has 0 aliphatic rings. The molecule has 7 heteroatoms. The summed E-state index contributed by atoms with van der Waals surface area (Å²) in [4.78, 5) is 25.8. The summed E-state index contributed by atoms with van der Waals surface area (Å²) in [6, 6.07) is 19.5. The van der Waals surface area contributed by atoms with E-state index in [1.54, 1.807) is 67.8 Å². The lowest BCUT2D eigenvalue weighted by Crippen LogP contribution is -2.25. The number of benzene rings is 3. The number of carbonyl (C=O) groups is 2. The van der Waals surface area contributed by atoms with Crippen LogP contribution in [-0.4, -0.2) is 33.2 Å². The van der Waals surface area contributed by atoms with Gasteiger partial charge in [-0.05, 0) is 42.8 Å². The summed E-state index contributed by atoms with van der Waals surface area (Å²) in [5, 5.41) is 2.81. The molecule has 0 bridgehead atoms. The zero-order chi connectivity index (χ0) is 24.5. The second-order valence-corrected chi connectivity index (χ2v) is 7.36. The minimum atomic E-state index is -1.17. The van der Waals surface area contributed by atoms with Crippen molar-refractivity contribution in [3.63, 3.8) is 0 Å². The Kier molecular flexibility index (Phi) is 8.29. The van der Waals surface area contributed by atoms with Crippen molar-refractivity contribution in [1.29, 1.82) is 0 Å². The van der Waals surface area contributed by atoms with Crippen molar-refractivity contribution in [1.82, 2.24) is 0 Å². The van der Waals surface area contributed by atoms with Crippen LogP contribution in [0, 0.1) is 6.92 Å². The lowest BCUT2D eigenvalue weighted by Gasteiger charge is -2.18. The van der Waals surface area contributed by atoms with E-state index in [2.05, 4.69) is 5.32 Å². The molecule has 0 radical (unpaired) electrons. The van der Waals surface area contributed by atoms with Gasteiger partial charge in [-0.25, -0.2) is 4.79 Å². The third kappa shape index (κ3) is 6.16. The molecule has 3 aromatic carbocycles. The molecule has 34 heavy (non-hydrogen) atoms. The van der Waals surface area contributed by atoms with Gasteiger partial charge in [0, 0.05) is 23.3 Å². The predicted octanol–water partition coefficient (Wildman–Crippen LogP) is 4.96. The molecule has 0 saturated heterocycles. The van der Waals surface area contributed by atoms with Gasteiger partial charge in [-0.1, -0.05) is 36.4 Å². The van der Waals surface area contributed by atoms with Crippen LogP contribution in [0.15, 0.2) is 72.8 Å². The molecule has 7 nitrogen and oxygen atoms in total. The summed E-state index contributed by atoms with van der Waals surface area (Å²) in [6.45, 7) is 1.90. The highest BCUT2D eigenvalue weighted by atomic mass is 16.5. The molecule has 3 rings (SSSR count). The van der Waals surface area contributed by atoms with Crippen molar-refractivity contribution in [2.24, 2.45) is 0 Å². The molecule has 1 N–H and O–H groups in total. The molecule has 0 heterocycles. The lowest BCUT2D eigenvalue weighted by molar-refractivity contribution is -0.149. The molecular weight excluding hydrogens is 434 g/mol. The molecule has 1 amide bonds. The number of nitrogens with one attached hydrogen (secondary N) is 1. The number of methoxy groups -OCH3 is 3. The maximum atomic E-state index is 13.2. The van der Waals surface area contributed by atoms with Crippen LogP contribution >= 0.6 is 0 Å². The van der Waals surface area contributed by atoms with E-state index < -0.39 is 18.0 Å². The molecule has 0 spiro atoms. The van der Waals surface area contributed by atoms with Gasteiger partial charge < -0.3 is 24.3 Å². The Labute approximate surface area is 198 Å². The van der Waals surface area contributed by atoms with Crippen LogP contribution in [-0.2, 0) is 14.3 Å². The van der Waals surface area contributed by atoms with Crippen LogP contribution in [0.5, 0.6) is 17.2 Å². The van der Waals surface area contributed by atoms with E-state index in [4.69, 9.17) is 18.9 Å². The molecule has 0 aliphatic carbocycles. The largest absolute Gasteiger partial charge is 0.497 e. The Morgan fingerprint density at radius 2 is 1.59 bits per heavy atom. The monoisotopic (exact) mass is 461 g/mol. The third-order valence-electron chi connectivity index (χ3n) is 5.03. The van der Waals surface area contributed by atoms with E-state index in [9.17, 15) is 9.59 Å². The number of carbonyl (C=O) groups excluding carboxylic acids is 2. The van der Waals surface area contributed by atoms with Crippen LogP contribution in [0.4, 0.5) is 5.69 Å². The van der Waals surface area contributed by atoms with E-state index >= 15 is 0 Å². The number of hydrogen-bond donors (Lipinski definition) is 1. The molecule has 0 aromatic heterocycles. The standard InChI is InChI=1S/C27H27NO6/c1-18-10-14-23(32-3)22(16-18)28-27(30)26(20-8-6-5-7-9-20)34-25(29)15-12-19-11-13-21(31-2)17-24(19)33-4/h5-17,26H,1-4H3,(H,28,30)/b15-12+. The van der Waals surface area contributed by atoms with Gasteiger partial charge in [-0.15, -0.1) is 0 Å². The van der Waals surface area contributed by atoms with Crippen molar-refractivity contribution >= 4 is 23.6 Å². The second-order valence-electron chi connectivity index (χ2n) is 7.36. The van der Waals surface area contributed by atoms with Gasteiger partial charge in [0.25, 0.3) is 5.91 Å². The van der Waals surface area contributed by atoms with Crippen molar-refractivity contribution in [2.75, 3.05) is 26.6 Å². The first-order valence-corrected chi connectivity index (χ1v) is 10.6. The molecule has 0 aliphatic heterocycles. The maximum absolute atomic E-state index is 13.2. The molecule has 1 unspecified atom stereocenters. The summed E-state index contributed by atoms with van der Waals surface area (Å²) in [5.41, 5.74) is 2.63. The average Bonchev–Trinajstić information content (AvgIpc) is 2.86. The lowest BCUT2D eigenvalue weighted by atomic mass is 10.1. The number of hydrogen-bond acceptors (Lipinski definition) is 6. The Morgan fingerprint density at radius 3 is 2.26 bits per heavy atom. The molecule has 0 fully saturated rings. The zero-order valence-corrected chi connectivity index (χ0v) is 19.5. The van der Waals surface area contributed by atoms with Crippen LogP contribution in [0.1, 0.15) is 22.8 Å². The number of aryl methyl sites for hydroxylation is 1. The van der Waals surface area contributed by atoms with Crippen LogP contribution in [0.2, 0.25) is 0 Å². The third-order valence-corrected chi connectivity index (χ3v) is 5.03. The normalized spacial score (nSPS) is 11.5. The van der Waals surface area contributed by atoms with Crippen LogP contribution in [0.3, 0.4) is 0 Å². The number of amides is 1. The summed E-state index contributed by atoms with van der Waals surface area (Å²) in [7, 11) is 4.61. The Balaban J connectivity index is 1.82. The van der Waals surface area contributed by atoms with E-state index in [0.717, 1.165) is 5.56 Å². The van der Waals surface area contributed by atoms with Gasteiger partial charge >= 0.3 is 5.97 Å². The smallest absolute Gasteiger partial charge is 0.331 e. The average molecular weight is 462 g/mol. The first kappa shape index (κ1) is 24.4. The number of anilines is 1. The molecular formula is C27H27NO6. The number of rotatable bonds is 9. The highest BCUT2D eigenvalue weighted by molar-refractivity contribution is 5.98. The molecule has 3 aromatic rings. The van der Waals surface area contributed by atoms with Crippen molar-refractivity contribution in [3.05, 3.63) is 89.5 Å². The highest BCUT2D eigenvalue weighted by Gasteiger charge is 2.25. The van der Waals surface area contributed by atoms with Gasteiger partial charge in [0.15, 0.2) is 0 Å². The molecule has 0 saturated carbocycles. The fourth-order valence-electron chi connectivity index (χ4n) is 3.29. The van der Waals surface area contributed by atoms with Gasteiger partial charge in [-0.3, -0.25) is 4.79 Å². The Morgan fingerprint density at radius 1 is 0.853 bits per heavy atom. The second kappa shape index (κ2) is 11.6. The van der Waals surface area contributed by atoms with E-state index in [1.165, 1.54) is 20.3 Å². The summed E-state index contributed by atoms with van der Waals surface area (Å²) >= 11 is 0. The Hall–Kier alpha value is -4.26. The maximum Gasteiger partial charge on any atom is 0.331 e. The minimum absolute atomic E-state index is 0.489. The zero-order valence-electron chi connectivity index (χ0n) is 19.5. The topological polar surface area (TPSA) is 83.1 Å². The first-order chi connectivity index (χ1) is 16.4. The SMILES string of the molecule is COc1ccc(/C=C/C(=O)OC(C(=O)Nc2cc(C)ccc2OC)c2ccccc2)c(OC)c1. The van der Waals surface area contributed by atoms with Gasteiger partial charge in [0.1, 0.15) is 17.2 Å². The van der Waals surface area contributed by atoms with E-state index in [1.807, 2.05) is 19.1 Å². The predicted molar refractivity (Wildman–Crippen MR) is 130 cm³/mol.